The first-order valence-corrected chi connectivity index (χ1v) is 7.84. The predicted molar refractivity (Wildman–Crippen MR) is 78.7 cm³/mol. The molecule has 2 fully saturated rings. The lowest BCUT2D eigenvalue weighted by Gasteiger charge is -2.41. The van der Waals surface area contributed by atoms with Gasteiger partial charge in [-0.2, -0.15) is 0 Å². The van der Waals surface area contributed by atoms with Crippen molar-refractivity contribution in [2.75, 3.05) is 32.8 Å². The number of hydrogen-bond donors (Lipinski definition) is 1. The predicted octanol–water partition coefficient (Wildman–Crippen LogP) is 1.04. The van der Waals surface area contributed by atoms with Crippen LogP contribution in [0.2, 0.25) is 0 Å². The summed E-state index contributed by atoms with van der Waals surface area (Å²) in [4.78, 5) is 24.7. The number of piperazine rings is 1. The fourth-order valence-corrected chi connectivity index (χ4v) is 3.41. The molecule has 3 rings (SSSR count). The van der Waals surface area contributed by atoms with E-state index in [1.165, 1.54) is 0 Å². The SMILES string of the molecule is CCN1CCN(C(=O)C2CCOC2C)CC1c1ncc[nH]1. The second-order valence-electron chi connectivity index (χ2n) is 5.87. The second kappa shape index (κ2) is 6.15. The maximum atomic E-state index is 12.7. The number of aromatic amines is 1. The number of H-pyrrole nitrogens is 1. The molecule has 0 bridgehead atoms. The molecule has 3 atom stereocenters. The van der Waals surface area contributed by atoms with Crippen LogP contribution in [0.5, 0.6) is 0 Å². The molecule has 2 saturated heterocycles. The van der Waals surface area contributed by atoms with E-state index in [9.17, 15) is 4.79 Å². The Kier molecular flexibility index (Phi) is 4.26. The van der Waals surface area contributed by atoms with E-state index in [4.69, 9.17) is 4.74 Å². The summed E-state index contributed by atoms with van der Waals surface area (Å²) < 4.78 is 5.54. The Bertz CT molecular complexity index is 476. The number of carbonyl (C=O) groups is 1. The molecular weight excluding hydrogens is 268 g/mol. The van der Waals surface area contributed by atoms with Crippen molar-refractivity contribution in [1.29, 1.82) is 0 Å². The number of hydrogen-bond acceptors (Lipinski definition) is 4. The number of nitrogens with one attached hydrogen (secondary N) is 1. The summed E-state index contributed by atoms with van der Waals surface area (Å²) in [5.74, 6) is 1.22. The highest BCUT2D eigenvalue weighted by atomic mass is 16.5. The average Bonchev–Trinajstić information content (AvgIpc) is 3.17. The second-order valence-corrected chi connectivity index (χ2v) is 5.87. The molecule has 1 aromatic rings. The van der Waals surface area contributed by atoms with Gasteiger partial charge in [0.05, 0.1) is 18.1 Å². The minimum Gasteiger partial charge on any atom is -0.378 e. The average molecular weight is 292 g/mol. The fraction of sp³-hybridized carbons (Fsp3) is 0.733. The lowest BCUT2D eigenvalue weighted by atomic mass is 9.99. The molecule has 0 radical (unpaired) electrons. The molecule has 116 valence electrons. The number of rotatable bonds is 3. The van der Waals surface area contributed by atoms with E-state index >= 15 is 0 Å². The number of nitrogens with zero attached hydrogens (tertiary/aromatic N) is 3. The Balaban J connectivity index is 1.72. The number of amides is 1. The molecule has 3 heterocycles. The highest BCUT2D eigenvalue weighted by Crippen LogP contribution is 2.27. The third-order valence-corrected chi connectivity index (χ3v) is 4.74. The number of likely N-dealkylation sites (N-methyl/N-ethyl adjacent to an activating group) is 1. The summed E-state index contributed by atoms with van der Waals surface area (Å²) in [5, 5.41) is 0. The van der Waals surface area contributed by atoms with Gasteiger partial charge < -0.3 is 14.6 Å². The lowest BCUT2D eigenvalue weighted by Crippen LogP contribution is -2.52. The van der Waals surface area contributed by atoms with Gasteiger partial charge in [-0.25, -0.2) is 4.98 Å². The monoisotopic (exact) mass is 292 g/mol. The van der Waals surface area contributed by atoms with Crippen LogP contribution in [-0.2, 0) is 9.53 Å². The Morgan fingerprint density at radius 1 is 1.52 bits per heavy atom. The summed E-state index contributed by atoms with van der Waals surface area (Å²) in [5.41, 5.74) is 0. The van der Waals surface area contributed by atoms with Crippen molar-refractivity contribution in [1.82, 2.24) is 19.8 Å². The Hall–Kier alpha value is -1.40. The van der Waals surface area contributed by atoms with E-state index in [1.807, 2.05) is 18.0 Å². The van der Waals surface area contributed by atoms with E-state index < -0.39 is 0 Å². The molecule has 1 aromatic heterocycles. The van der Waals surface area contributed by atoms with Crippen molar-refractivity contribution >= 4 is 5.91 Å². The Morgan fingerprint density at radius 3 is 3.00 bits per heavy atom. The maximum Gasteiger partial charge on any atom is 0.228 e. The van der Waals surface area contributed by atoms with Crippen molar-refractivity contribution in [2.45, 2.75) is 32.4 Å². The third kappa shape index (κ3) is 2.82. The number of imidazole rings is 1. The largest absolute Gasteiger partial charge is 0.378 e. The molecule has 2 aliphatic heterocycles. The van der Waals surface area contributed by atoms with Gasteiger partial charge in [-0.3, -0.25) is 9.69 Å². The van der Waals surface area contributed by atoms with Gasteiger partial charge in [-0.15, -0.1) is 0 Å². The first kappa shape index (κ1) is 14.5. The van der Waals surface area contributed by atoms with E-state index in [1.54, 1.807) is 6.20 Å². The van der Waals surface area contributed by atoms with Crippen LogP contribution in [0.25, 0.3) is 0 Å². The summed E-state index contributed by atoms with van der Waals surface area (Å²) in [6.07, 6.45) is 4.51. The fourth-order valence-electron chi connectivity index (χ4n) is 3.41. The van der Waals surface area contributed by atoms with Gasteiger partial charge >= 0.3 is 0 Å². The van der Waals surface area contributed by atoms with Gasteiger partial charge in [0, 0.05) is 38.6 Å². The normalized spacial score (nSPS) is 30.8. The van der Waals surface area contributed by atoms with Crippen LogP contribution in [0.4, 0.5) is 0 Å². The van der Waals surface area contributed by atoms with Crippen molar-refractivity contribution in [3.8, 4) is 0 Å². The lowest BCUT2D eigenvalue weighted by molar-refractivity contribution is -0.140. The smallest absolute Gasteiger partial charge is 0.228 e. The van der Waals surface area contributed by atoms with E-state index in [-0.39, 0.29) is 24.0 Å². The molecule has 2 aliphatic rings. The minimum absolute atomic E-state index is 0.0235. The van der Waals surface area contributed by atoms with Crippen LogP contribution in [0, 0.1) is 5.92 Å². The van der Waals surface area contributed by atoms with Gasteiger partial charge in [-0.05, 0) is 19.9 Å². The topological polar surface area (TPSA) is 61.5 Å². The molecule has 6 heteroatoms. The van der Waals surface area contributed by atoms with Crippen LogP contribution < -0.4 is 0 Å². The van der Waals surface area contributed by atoms with E-state index in [0.717, 1.165) is 31.9 Å². The van der Waals surface area contributed by atoms with Crippen LogP contribution in [0.15, 0.2) is 12.4 Å². The van der Waals surface area contributed by atoms with E-state index in [2.05, 4.69) is 21.8 Å². The molecule has 0 aromatic carbocycles. The first-order valence-electron chi connectivity index (χ1n) is 7.84. The zero-order valence-electron chi connectivity index (χ0n) is 12.8. The summed E-state index contributed by atoms with van der Waals surface area (Å²) >= 11 is 0. The zero-order valence-corrected chi connectivity index (χ0v) is 12.8. The molecule has 1 N–H and O–H groups in total. The van der Waals surface area contributed by atoms with Gasteiger partial charge in [-0.1, -0.05) is 6.92 Å². The number of ether oxygens (including phenoxy) is 1. The van der Waals surface area contributed by atoms with Gasteiger partial charge in [0.25, 0.3) is 0 Å². The summed E-state index contributed by atoms with van der Waals surface area (Å²) in [7, 11) is 0. The zero-order chi connectivity index (χ0) is 14.8. The molecule has 0 spiro atoms. The van der Waals surface area contributed by atoms with Gasteiger partial charge in [0.2, 0.25) is 5.91 Å². The highest BCUT2D eigenvalue weighted by molar-refractivity contribution is 5.79. The third-order valence-electron chi connectivity index (χ3n) is 4.74. The molecule has 0 saturated carbocycles. The van der Waals surface area contributed by atoms with E-state index in [0.29, 0.717) is 13.2 Å². The number of carbonyl (C=O) groups excluding carboxylic acids is 1. The van der Waals surface area contributed by atoms with Crippen molar-refractivity contribution in [2.24, 2.45) is 5.92 Å². The molecule has 21 heavy (non-hydrogen) atoms. The van der Waals surface area contributed by atoms with Crippen molar-refractivity contribution in [3.63, 3.8) is 0 Å². The summed E-state index contributed by atoms with van der Waals surface area (Å²) in [6, 6.07) is 0.167. The van der Waals surface area contributed by atoms with Gasteiger partial charge in [0.1, 0.15) is 5.82 Å². The maximum absolute atomic E-state index is 12.7. The van der Waals surface area contributed by atoms with Crippen LogP contribution in [0.1, 0.15) is 32.1 Å². The minimum atomic E-state index is 0.0235. The van der Waals surface area contributed by atoms with Gasteiger partial charge in [0.15, 0.2) is 0 Å². The number of aromatic nitrogens is 2. The Morgan fingerprint density at radius 2 is 2.38 bits per heavy atom. The first-order chi connectivity index (χ1) is 10.2. The molecule has 6 nitrogen and oxygen atoms in total. The van der Waals surface area contributed by atoms with Crippen LogP contribution in [-0.4, -0.2) is 64.6 Å². The summed E-state index contributed by atoms with van der Waals surface area (Å²) in [6.45, 7) is 8.23. The molecule has 0 aliphatic carbocycles. The van der Waals surface area contributed by atoms with Crippen LogP contribution >= 0.6 is 0 Å². The quantitative estimate of drug-likeness (QED) is 0.904. The van der Waals surface area contributed by atoms with Crippen molar-refractivity contribution in [3.05, 3.63) is 18.2 Å². The van der Waals surface area contributed by atoms with Crippen molar-refractivity contribution < 1.29 is 9.53 Å². The molecule has 3 unspecified atom stereocenters. The van der Waals surface area contributed by atoms with Crippen LogP contribution in [0.3, 0.4) is 0 Å². The Labute approximate surface area is 125 Å². The standard InChI is InChI=1S/C15H24N4O2/c1-3-18-7-8-19(10-13(18)14-16-5-6-17-14)15(20)12-4-9-21-11(12)2/h5-6,11-13H,3-4,7-10H2,1-2H3,(H,16,17). The molecular formula is C15H24N4O2. The highest BCUT2D eigenvalue weighted by Gasteiger charge is 2.37. The molecule has 1 amide bonds.